The Bertz CT molecular complexity index is 1120. The van der Waals surface area contributed by atoms with Gasteiger partial charge in [0.2, 0.25) is 0 Å². The summed E-state index contributed by atoms with van der Waals surface area (Å²) in [5, 5.41) is 6.49. The van der Waals surface area contributed by atoms with Crippen molar-refractivity contribution in [2.45, 2.75) is 12.8 Å². The molecular weight excluding hydrogens is 419 g/mol. The van der Waals surface area contributed by atoms with Crippen LogP contribution in [0.2, 0.25) is 5.15 Å². The lowest BCUT2D eigenvalue weighted by Gasteiger charge is -2.33. The van der Waals surface area contributed by atoms with Crippen molar-refractivity contribution in [2.75, 3.05) is 25.0 Å². The van der Waals surface area contributed by atoms with Crippen molar-refractivity contribution in [3.05, 3.63) is 71.1 Å². The van der Waals surface area contributed by atoms with Gasteiger partial charge in [0.25, 0.3) is 5.91 Å². The molecule has 0 saturated carbocycles. The van der Waals surface area contributed by atoms with Crippen molar-refractivity contribution in [3.8, 4) is 0 Å². The molecule has 0 bridgehead atoms. The lowest BCUT2D eigenvalue weighted by Crippen LogP contribution is -2.44. The van der Waals surface area contributed by atoms with Crippen LogP contribution in [0.5, 0.6) is 0 Å². The van der Waals surface area contributed by atoms with Gasteiger partial charge in [-0.1, -0.05) is 35.9 Å². The largest absolute Gasteiger partial charge is 0.338 e. The summed E-state index contributed by atoms with van der Waals surface area (Å²) in [6.07, 6.45) is 1.75. The molecule has 0 spiro atoms. The van der Waals surface area contributed by atoms with Crippen LogP contribution in [-0.4, -0.2) is 41.5 Å². The molecule has 1 unspecified atom stereocenters. The van der Waals surface area contributed by atoms with E-state index in [0.717, 1.165) is 18.2 Å². The fraction of sp³-hybridized carbons (Fsp3) is 0.261. The highest BCUT2D eigenvalue weighted by Crippen LogP contribution is 2.25. The van der Waals surface area contributed by atoms with E-state index < -0.39 is 11.8 Å². The number of likely N-dealkylation sites (tertiary alicyclic amines) is 1. The number of halogens is 2. The van der Waals surface area contributed by atoms with E-state index in [0.29, 0.717) is 36.4 Å². The number of rotatable bonds is 4. The Kier molecular flexibility index (Phi) is 6.32. The Morgan fingerprint density at radius 3 is 2.84 bits per heavy atom. The molecule has 2 aromatic carbocycles. The van der Waals surface area contributed by atoms with Gasteiger partial charge < -0.3 is 15.5 Å². The molecule has 0 aliphatic carbocycles. The predicted molar refractivity (Wildman–Crippen MR) is 119 cm³/mol. The maximum atomic E-state index is 13.3. The van der Waals surface area contributed by atoms with Gasteiger partial charge in [0.05, 0.1) is 11.1 Å². The maximum Gasteiger partial charge on any atom is 0.319 e. The van der Waals surface area contributed by atoms with Crippen molar-refractivity contribution in [2.24, 2.45) is 5.92 Å². The summed E-state index contributed by atoms with van der Waals surface area (Å²) in [6, 6.07) is 14.4. The van der Waals surface area contributed by atoms with E-state index in [9.17, 15) is 14.0 Å². The van der Waals surface area contributed by atoms with E-state index in [1.165, 1.54) is 18.2 Å². The van der Waals surface area contributed by atoms with E-state index in [2.05, 4.69) is 15.6 Å². The molecule has 2 heterocycles. The average Bonchev–Trinajstić information content (AvgIpc) is 2.77. The Morgan fingerprint density at radius 2 is 2.00 bits per heavy atom. The molecule has 1 aliphatic rings. The number of aromatic nitrogens is 1. The van der Waals surface area contributed by atoms with Crippen LogP contribution in [0.25, 0.3) is 10.9 Å². The van der Waals surface area contributed by atoms with Gasteiger partial charge >= 0.3 is 6.03 Å². The number of amides is 3. The molecule has 31 heavy (non-hydrogen) atoms. The minimum atomic E-state index is -0.414. The average molecular weight is 441 g/mol. The number of piperidine rings is 1. The topological polar surface area (TPSA) is 74.3 Å². The molecule has 2 N–H and O–H groups in total. The van der Waals surface area contributed by atoms with Gasteiger partial charge in [-0.3, -0.25) is 4.79 Å². The number of nitrogens with zero attached hydrogens (tertiary/aromatic N) is 2. The van der Waals surface area contributed by atoms with Crippen molar-refractivity contribution < 1.29 is 14.0 Å². The van der Waals surface area contributed by atoms with Gasteiger partial charge in [-0.2, -0.15) is 0 Å². The normalized spacial score (nSPS) is 16.2. The molecule has 4 rings (SSSR count). The molecule has 1 atom stereocenters. The summed E-state index contributed by atoms with van der Waals surface area (Å²) >= 11 is 6.14. The van der Waals surface area contributed by atoms with Gasteiger partial charge in [-0.05, 0) is 49.1 Å². The lowest BCUT2D eigenvalue weighted by molar-refractivity contribution is 0.0677. The SMILES string of the molecule is O=C(NCC1CCCN(C(=O)c2cc(Cl)nc3ccccc23)C1)Nc1cccc(F)c1. The molecule has 1 aliphatic heterocycles. The third kappa shape index (κ3) is 5.11. The Labute approximate surface area is 184 Å². The second-order valence-corrected chi connectivity index (χ2v) is 8.00. The van der Waals surface area contributed by atoms with E-state index in [1.807, 2.05) is 24.3 Å². The molecule has 0 radical (unpaired) electrons. The zero-order valence-electron chi connectivity index (χ0n) is 16.8. The summed E-state index contributed by atoms with van der Waals surface area (Å²) in [6.45, 7) is 1.61. The Balaban J connectivity index is 1.38. The summed E-state index contributed by atoms with van der Waals surface area (Å²) < 4.78 is 13.3. The van der Waals surface area contributed by atoms with Crippen LogP contribution >= 0.6 is 11.6 Å². The van der Waals surface area contributed by atoms with Crippen molar-refractivity contribution in [1.29, 1.82) is 0 Å². The standard InChI is InChI=1S/C23H22ClFN4O2/c24-21-12-19(18-8-1-2-9-20(18)28-21)22(30)29-10-4-5-15(14-29)13-26-23(31)27-17-7-3-6-16(25)11-17/h1-3,6-9,11-12,15H,4-5,10,13-14H2,(H2,26,27,31). The fourth-order valence-electron chi connectivity index (χ4n) is 3.89. The number of para-hydroxylation sites is 1. The number of pyridine rings is 1. The van der Waals surface area contributed by atoms with Crippen LogP contribution < -0.4 is 10.6 Å². The fourth-order valence-corrected chi connectivity index (χ4v) is 4.09. The molecule has 1 aromatic heterocycles. The first-order valence-corrected chi connectivity index (χ1v) is 10.5. The van der Waals surface area contributed by atoms with E-state index in [-0.39, 0.29) is 17.0 Å². The summed E-state index contributed by atoms with van der Waals surface area (Å²) in [5.74, 6) is -0.378. The number of carbonyl (C=O) groups excluding carboxylic acids is 2. The van der Waals surface area contributed by atoms with Gasteiger partial charge in [-0.25, -0.2) is 14.2 Å². The molecule has 3 aromatic rings. The number of benzene rings is 2. The van der Waals surface area contributed by atoms with E-state index in [1.54, 1.807) is 17.0 Å². The molecular formula is C23H22ClFN4O2. The van der Waals surface area contributed by atoms with Gasteiger partial charge in [0, 0.05) is 30.7 Å². The first-order valence-electron chi connectivity index (χ1n) is 10.1. The van der Waals surface area contributed by atoms with Crippen LogP contribution in [0.4, 0.5) is 14.9 Å². The van der Waals surface area contributed by atoms with Crippen molar-refractivity contribution in [1.82, 2.24) is 15.2 Å². The molecule has 3 amide bonds. The summed E-state index contributed by atoms with van der Waals surface area (Å²) in [7, 11) is 0. The minimum absolute atomic E-state index is 0.0885. The first kappa shape index (κ1) is 21.1. The quantitative estimate of drug-likeness (QED) is 0.577. The highest BCUT2D eigenvalue weighted by Gasteiger charge is 2.26. The Hall–Kier alpha value is -3.19. The molecule has 6 nitrogen and oxygen atoms in total. The number of urea groups is 1. The zero-order chi connectivity index (χ0) is 21.8. The Morgan fingerprint density at radius 1 is 1.16 bits per heavy atom. The first-order chi connectivity index (χ1) is 15.0. The summed E-state index contributed by atoms with van der Waals surface area (Å²) in [4.78, 5) is 31.5. The molecule has 1 saturated heterocycles. The van der Waals surface area contributed by atoms with Crippen LogP contribution in [0.1, 0.15) is 23.2 Å². The zero-order valence-corrected chi connectivity index (χ0v) is 17.5. The minimum Gasteiger partial charge on any atom is -0.338 e. The number of hydrogen-bond acceptors (Lipinski definition) is 3. The molecule has 8 heteroatoms. The molecule has 160 valence electrons. The predicted octanol–water partition coefficient (Wildman–Crippen LogP) is 4.70. The van der Waals surface area contributed by atoms with Gasteiger partial charge in [-0.15, -0.1) is 0 Å². The number of fused-ring (bicyclic) bond motifs is 1. The smallest absolute Gasteiger partial charge is 0.319 e. The van der Waals surface area contributed by atoms with Crippen LogP contribution in [0, 0.1) is 11.7 Å². The van der Waals surface area contributed by atoms with Crippen molar-refractivity contribution >= 4 is 40.1 Å². The number of nitrogens with one attached hydrogen (secondary N) is 2. The van der Waals surface area contributed by atoms with Crippen LogP contribution in [-0.2, 0) is 0 Å². The van der Waals surface area contributed by atoms with Crippen molar-refractivity contribution in [3.63, 3.8) is 0 Å². The van der Waals surface area contributed by atoms with E-state index >= 15 is 0 Å². The second kappa shape index (κ2) is 9.31. The van der Waals surface area contributed by atoms with E-state index in [4.69, 9.17) is 11.6 Å². The third-order valence-corrected chi connectivity index (χ3v) is 5.55. The maximum absolute atomic E-state index is 13.3. The third-order valence-electron chi connectivity index (χ3n) is 5.36. The number of carbonyl (C=O) groups is 2. The number of anilines is 1. The monoisotopic (exact) mass is 440 g/mol. The lowest BCUT2D eigenvalue weighted by atomic mass is 9.97. The van der Waals surface area contributed by atoms with Gasteiger partial charge in [0.15, 0.2) is 0 Å². The number of hydrogen-bond donors (Lipinski definition) is 2. The van der Waals surface area contributed by atoms with Crippen LogP contribution in [0.3, 0.4) is 0 Å². The molecule has 1 fully saturated rings. The highest BCUT2D eigenvalue weighted by molar-refractivity contribution is 6.30. The van der Waals surface area contributed by atoms with Gasteiger partial charge in [0.1, 0.15) is 11.0 Å². The van der Waals surface area contributed by atoms with Crippen LogP contribution in [0.15, 0.2) is 54.6 Å². The summed E-state index contributed by atoms with van der Waals surface area (Å²) in [5.41, 5.74) is 1.61. The highest BCUT2D eigenvalue weighted by atomic mass is 35.5. The second-order valence-electron chi connectivity index (χ2n) is 7.61.